The number of ether oxygens (including phenoxy) is 3. The van der Waals surface area contributed by atoms with Crippen molar-refractivity contribution in [1.29, 1.82) is 0 Å². The predicted molar refractivity (Wildman–Crippen MR) is 79.1 cm³/mol. The van der Waals surface area contributed by atoms with Gasteiger partial charge in [0.25, 0.3) is 5.79 Å². The van der Waals surface area contributed by atoms with Crippen LogP contribution in [0, 0.1) is 0 Å². The van der Waals surface area contributed by atoms with Gasteiger partial charge in [0.1, 0.15) is 11.5 Å². The molecule has 0 saturated carbocycles. The van der Waals surface area contributed by atoms with Crippen molar-refractivity contribution >= 4 is 5.78 Å². The Hall–Kier alpha value is -2.37. The van der Waals surface area contributed by atoms with Crippen LogP contribution in [0.2, 0.25) is 0 Å². The van der Waals surface area contributed by atoms with Gasteiger partial charge in [0.05, 0.1) is 12.7 Å². The molecule has 0 fully saturated rings. The third kappa shape index (κ3) is 2.15. The van der Waals surface area contributed by atoms with Gasteiger partial charge in [-0.2, -0.15) is 0 Å². The van der Waals surface area contributed by atoms with E-state index >= 15 is 0 Å². The van der Waals surface area contributed by atoms with Crippen LogP contribution in [0.1, 0.15) is 22.0 Å². The summed E-state index contributed by atoms with van der Waals surface area (Å²) >= 11 is 0. The van der Waals surface area contributed by atoms with Crippen LogP contribution in [-0.2, 0) is 4.74 Å². The lowest BCUT2D eigenvalue weighted by atomic mass is 9.90. The van der Waals surface area contributed by atoms with E-state index in [9.17, 15) is 9.90 Å². The van der Waals surface area contributed by atoms with Crippen LogP contribution in [0.25, 0.3) is 0 Å². The zero-order valence-electron chi connectivity index (χ0n) is 12.3. The Kier molecular flexibility index (Phi) is 3.60. The number of aliphatic hydroxyl groups is 1. The van der Waals surface area contributed by atoms with Crippen LogP contribution in [0.4, 0.5) is 0 Å². The van der Waals surface area contributed by atoms with Gasteiger partial charge in [-0.3, -0.25) is 4.79 Å². The predicted octanol–water partition coefficient (Wildman–Crippen LogP) is 2.35. The Morgan fingerprint density at radius 1 is 1.09 bits per heavy atom. The molecule has 3 rings (SSSR count). The van der Waals surface area contributed by atoms with Crippen molar-refractivity contribution in [3.05, 3.63) is 59.7 Å². The van der Waals surface area contributed by atoms with E-state index in [-0.39, 0.29) is 0 Å². The first kappa shape index (κ1) is 14.6. The fraction of sp³-hybridized carbons (Fsp3) is 0.235. The Morgan fingerprint density at radius 2 is 1.77 bits per heavy atom. The van der Waals surface area contributed by atoms with Crippen molar-refractivity contribution in [2.24, 2.45) is 0 Å². The molecule has 1 N–H and O–H groups in total. The van der Waals surface area contributed by atoms with Crippen molar-refractivity contribution in [1.82, 2.24) is 0 Å². The lowest BCUT2D eigenvalue weighted by molar-refractivity contribution is -0.205. The first-order valence-electron chi connectivity index (χ1n) is 6.82. The second-order valence-corrected chi connectivity index (χ2v) is 5.00. The van der Waals surface area contributed by atoms with Crippen LogP contribution in [-0.4, -0.2) is 30.9 Å². The fourth-order valence-electron chi connectivity index (χ4n) is 2.55. The summed E-state index contributed by atoms with van der Waals surface area (Å²) in [5.41, 5.74) is 0.921. The molecule has 0 saturated heterocycles. The number of benzene rings is 2. The third-order valence-corrected chi connectivity index (χ3v) is 3.79. The number of para-hydroxylation sites is 1. The summed E-state index contributed by atoms with van der Waals surface area (Å²) in [6.07, 6.45) is -0.953. The van der Waals surface area contributed by atoms with Crippen molar-refractivity contribution in [3.8, 4) is 11.5 Å². The van der Waals surface area contributed by atoms with Gasteiger partial charge >= 0.3 is 0 Å². The SMILES string of the molecule is COc1ccc(C2Oc3ccccc3C(=O)C2(O)OC)cc1. The Morgan fingerprint density at radius 3 is 2.41 bits per heavy atom. The highest BCUT2D eigenvalue weighted by molar-refractivity contribution is 6.05. The van der Waals surface area contributed by atoms with E-state index in [4.69, 9.17) is 14.2 Å². The van der Waals surface area contributed by atoms with Crippen LogP contribution < -0.4 is 9.47 Å². The number of methoxy groups -OCH3 is 2. The Labute approximate surface area is 128 Å². The molecule has 2 atom stereocenters. The molecule has 114 valence electrons. The van der Waals surface area contributed by atoms with Crippen molar-refractivity contribution in [2.75, 3.05) is 14.2 Å². The minimum Gasteiger partial charge on any atom is -0.497 e. The average Bonchev–Trinajstić information content (AvgIpc) is 2.58. The molecule has 2 unspecified atom stereocenters. The first-order valence-corrected chi connectivity index (χ1v) is 6.82. The second kappa shape index (κ2) is 5.44. The van der Waals surface area contributed by atoms with Crippen molar-refractivity contribution in [2.45, 2.75) is 11.9 Å². The second-order valence-electron chi connectivity index (χ2n) is 5.00. The van der Waals surface area contributed by atoms with Gasteiger partial charge in [0.15, 0.2) is 6.10 Å². The Balaban J connectivity index is 2.07. The van der Waals surface area contributed by atoms with Crippen LogP contribution in [0.3, 0.4) is 0 Å². The zero-order chi connectivity index (χ0) is 15.7. The number of hydrogen-bond acceptors (Lipinski definition) is 5. The number of fused-ring (bicyclic) bond motifs is 1. The van der Waals surface area contributed by atoms with Crippen molar-refractivity contribution in [3.63, 3.8) is 0 Å². The molecule has 0 bridgehead atoms. The molecular weight excluding hydrogens is 284 g/mol. The van der Waals surface area contributed by atoms with E-state index in [1.54, 1.807) is 55.6 Å². The summed E-state index contributed by atoms with van der Waals surface area (Å²) < 4.78 is 16.1. The summed E-state index contributed by atoms with van der Waals surface area (Å²) in [7, 11) is 2.85. The topological polar surface area (TPSA) is 65.0 Å². The maximum atomic E-state index is 12.6. The lowest BCUT2D eigenvalue weighted by Gasteiger charge is -2.38. The van der Waals surface area contributed by atoms with Crippen molar-refractivity contribution < 1.29 is 24.1 Å². The largest absolute Gasteiger partial charge is 0.497 e. The number of carbonyl (C=O) groups is 1. The maximum Gasteiger partial charge on any atom is 0.273 e. The quantitative estimate of drug-likeness (QED) is 0.881. The maximum absolute atomic E-state index is 12.6. The normalized spacial score (nSPS) is 23.6. The number of ketones is 1. The van der Waals surface area contributed by atoms with Gasteiger partial charge in [-0.25, -0.2) is 0 Å². The molecule has 2 aromatic carbocycles. The van der Waals surface area contributed by atoms with E-state index in [0.717, 1.165) is 0 Å². The number of carbonyl (C=O) groups excluding carboxylic acids is 1. The molecule has 2 aromatic rings. The Bertz CT molecular complexity index is 694. The van der Waals surface area contributed by atoms with E-state index in [2.05, 4.69) is 0 Å². The standard InChI is InChI=1S/C17H16O5/c1-20-12-9-7-11(8-10-12)16-17(19,21-2)15(18)13-5-3-4-6-14(13)22-16/h3-10,16,19H,1-2H3. The summed E-state index contributed by atoms with van der Waals surface area (Å²) in [6, 6.07) is 13.7. The van der Waals surface area contributed by atoms with Gasteiger partial charge in [-0.15, -0.1) is 0 Å². The van der Waals surface area contributed by atoms with Crippen LogP contribution >= 0.6 is 0 Å². The molecule has 0 aromatic heterocycles. The smallest absolute Gasteiger partial charge is 0.273 e. The molecule has 0 radical (unpaired) electrons. The summed E-state index contributed by atoms with van der Waals surface area (Å²) in [6.45, 7) is 0. The molecule has 1 heterocycles. The zero-order valence-corrected chi connectivity index (χ0v) is 12.3. The van der Waals surface area contributed by atoms with E-state index in [1.165, 1.54) is 7.11 Å². The van der Waals surface area contributed by atoms with Gasteiger partial charge in [-0.1, -0.05) is 24.3 Å². The minimum atomic E-state index is -2.07. The number of hydrogen-bond donors (Lipinski definition) is 1. The monoisotopic (exact) mass is 300 g/mol. The summed E-state index contributed by atoms with van der Waals surface area (Å²) in [5.74, 6) is -1.48. The molecule has 0 aliphatic carbocycles. The van der Waals surface area contributed by atoms with Gasteiger partial charge in [0, 0.05) is 7.11 Å². The molecule has 0 amide bonds. The summed E-state index contributed by atoms with van der Waals surface area (Å²) in [4.78, 5) is 12.6. The molecule has 5 heteroatoms. The van der Waals surface area contributed by atoms with Crippen LogP contribution in [0.15, 0.2) is 48.5 Å². The molecule has 22 heavy (non-hydrogen) atoms. The van der Waals surface area contributed by atoms with Gasteiger partial charge in [-0.05, 0) is 29.8 Å². The first-order chi connectivity index (χ1) is 10.6. The fourth-order valence-corrected chi connectivity index (χ4v) is 2.55. The van der Waals surface area contributed by atoms with E-state index in [1.807, 2.05) is 0 Å². The van der Waals surface area contributed by atoms with Gasteiger partial charge < -0.3 is 19.3 Å². The number of rotatable bonds is 3. The molecule has 1 aliphatic rings. The highest BCUT2D eigenvalue weighted by atomic mass is 16.7. The van der Waals surface area contributed by atoms with Gasteiger partial charge in [0.2, 0.25) is 5.78 Å². The highest BCUT2D eigenvalue weighted by Gasteiger charge is 2.51. The van der Waals surface area contributed by atoms with Crippen LogP contribution in [0.5, 0.6) is 11.5 Å². The summed E-state index contributed by atoms with van der Waals surface area (Å²) in [5, 5.41) is 10.7. The van der Waals surface area contributed by atoms with E-state index < -0.39 is 17.7 Å². The molecule has 0 spiro atoms. The highest BCUT2D eigenvalue weighted by Crippen LogP contribution is 2.41. The molecule has 1 aliphatic heterocycles. The molecular formula is C17H16O5. The number of Topliss-reactive ketones (excluding diaryl/α,β-unsaturated/α-hetero) is 1. The lowest BCUT2D eigenvalue weighted by Crippen LogP contribution is -2.51. The third-order valence-electron chi connectivity index (χ3n) is 3.79. The average molecular weight is 300 g/mol. The minimum absolute atomic E-state index is 0.302. The van der Waals surface area contributed by atoms with E-state index in [0.29, 0.717) is 22.6 Å². The molecule has 5 nitrogen and oxygen atoms in total.